The lowest BCUT2D eigenvalue weighted by molar-refractivity contribution is -0.127. The number of benzene rings is 3. The molecule has 1 aliphatic rings. The first kappa shape index (κ1) is 21.8. The fraction of sp³-hybridized carbons (Fsp3) is 0.160. The molecule has 3 aromatic carbocycles. The predicted octanol–water partition coefficient (Wildman–Crippen LogP) is 5.04. The SMILES string of the molecule is CCOc1ccc(/C=N/N(C(=O)C2COc3ccccc3O2)c2nc3ccc(F)cc3s2)cc1. The molecule has 0 aliphatic carbocycles. The second-order valence-electron chi connectivity index (χ2n) is 7.37. The number of hydrazone groups is 1. The summed E-state index contributed by atoms with van der Waals surface area (Å²) in [5.41, 5.74) is 1.33. The second kappa shape index (κ2) is 9.48. The van der Waals surface area contributed by atoms with Crippen LogP contribution in [0.2, 0.25) is 0 Å². The Labute approximate surface area is 199 Å². The Morgan fingerprint density at radius 2 is 2.00 bits per heavy atom. The number of carbonyl (C=O) groups is 1. The highest BCUT2D eigenvalue weighted by molar-refractivity contribution is 7.22. The number of nitrogens with zero attached hydrogens (tertiary/aromatic N) is 3. The number of ether oxygens (including phenoxy) is 3. The number of halogens is 1. The Hall–Kier alpha value is -3.98. The second-order valence-corrected chi connectivity index (χ2v) is 8.38. The van der Waals surface area contributed by atoms with Crippen molar-refractivity contribution in [3.8, 4) is 17.2 Å². The largest absolute Gasteiger partial charge is 0.494 e. The van der Waals surface area contributed by atoms with E-state index in [0.717, 1.165) is 11.3 Å². The number of carbonyl (C=O) groups excluding carboxylic acids is 1. The lowest BCUT2D eigenvalue weighted by Gasteiger charge is -2.27. The maximum Gasteiger partial charge on any atom is 0.294 e. The van der Waals surface area contributed by atoms with E-state index in [9.17, 15) is 9.18 Å². The minimum Gasteiger partial charge on any atom is -0.494 e. The first-order valence-corrected chi connectivity index (χ1v) is 11.5. The summed E-state index contributed by atoms with van der Waals surface area (Å²) in [6.07, 6.45) is 0.633. The summed E-state index contributed by atoms with van der Waals surface area (Å²) in [5.74, 6) is 0.975. The number of thiazole rings is 1. The molecule has 9 heteroatoms. The standard InChI is InChI=1S/C25H20FN3O4S/c1-2-31-18-10-7-16(8-11-18)14-27-29(25-28-19-12-9-17(26)13-23(19)34-25)24(30)22-15-32-20-5-3-4-6-21(20)33-22/h3-14,22H,2,15H2,1H3/b27-14+. The van der Waals surface area contributed by atoms with Gasteiger partial charge in [0.2, 0.25) is 11.2 Å². The van der Waals surface area contributed by atoms with Gasteiger partial charge in [-0.05, 0) is 67.1 Å². The summed E-state index contributed by atoms with van der Waals surface area (Å²) in [6.45, 7) is 2.52. The molecule has 0 radical (unpaired) electrons. The Kier molecular flexibility index (Phi) is 6.09. The molecule has 1 aliphatic heterocycles. The molecule has 4 aromatic rings. The van der Waals surface area contributed by atoms with Crippen LogP contribution in [-0.4, -0.2) is 36.4 Å². The highest BCUT2D eigenvalue weighted by Gasteiger charge is 2.33. The van der Waals surface area contributed by atoms with Gasteiger partial charge in [0.05, 0.1) is 23.0 Å². The molecule has 0 bridgehead atoms. The molecule has 2 heterocycles. The Morgan fingerprint density at radius 1 is 1.21 bits per heavy atom. The van der Waals surface area contributed by atoms with Crippen LogP contribution in [0.5, 0.6) is 17.2 Å². The fourth-order valence-corrected chi connectivity index (χ4v) is 4.35. The van der Waals surface area contributed by atoms with Gasteiger partial charge in [-0.25, -0.2) is 9.37 Å². The number of anilines is 1. The molecule has 1 aromatic heterocycles. The number of hydrogen-bond acceptors (Lipinski definition) is 7. The summed E-state index contributed by atoms with van der Waals surface area (Å²) < 4.78 is 31.4. The van der Waals surface area contributed by atoms with Gasteiger partial charge in [-0.2, -0.15) is 10.1 Å². The third-order valence-electron chi connectivity index (χ3n) is 5.03. The first-order valence-electron chi connectivity index (χ1n) is 10.7. The molecule has 5 rings (SSSR count). The molecule has 172 valence electrons. The molecule has 0 N–H and O–H groups in total. The highest BCUT2D eigenvalue weighted by Crippen LogP contribution is 2.34. The van der Waals surface area contributed by atoms with Crippen LogP contribution < -0.4 is 19.2 Å². The van der Waals surface area contributed by atoms with E-state index < -0.39 is 12.0 Å². The molecule has 1 unspecified atom stereocenters. The van der Waals surface area contributed by atoms with E-state index in [4.69, 9.17) is 14.2 Å². The van der Waals surface area contributed by atoms with E-state index >= 15 is 0 Å². The molecule has 1 atom stereocenters. The molecule has 0 spiro atoms. The number of fused-ring (bicyclic) bond motifs is 2. The van der Waals surface area contributed by atoms with Crippen molar-refractivity contribution < 1.29 is 23.4 Å². The van der Waals surface area contributed by atoms with Crippen molar-refractivity contribution in [3.63, 3.8) is 0 Å². The molecular formula is C25H20FN3O4S. The Bertz CT molecular complexity index is 1360. The summed E-state index contributed by atoms with van der Waals surface area (Å²) in [4.78, 5) is 18.0. The van der Waals surface area contributed by atoms with Crippen LogP contribution in [0.15, 0.2) is 71.8 Å². The van der Waals surface area contributed by atoms with Crippen molar-refractivity contribution in [2.45, 2.75) is 13.0 Å². The van der Waals surface area contributed by atoms with Crippen LogP contribution in [0.4, 0.5) is 9.52 Å². The van der Waals surface area contributed by atoms with Crippen molar-refractivity contribution in [1.29, 1.82) is 0 Å². The van der Waals surface area contributed by atoms with E-state index in [1.54, 1.807) is 30.5 Å². The summed E-state index contributed by atoms with van der Waals surface area (Å²) >= 11 is 1.17. The maximum absolute atomic E-state index is 13.7. The van der Waals surface area contributed by atoms with Gasteiger partial charge >= 0.3 is 0 Å². The van der Waals surface area contributed by atoms with E-state index in [1.807, 2.05) is 37.3 Å². The normalized spacial score (nSPS) is 14.9. The van der Waals surface area contributed by atoms with Gasteiger partial charge in [0.25, 0.3) is 5.91 Å². The third-order valence-corrected chi connectivity index (χ3v) is 6.02. The molecular weight excluding hydrogens is 457 g/mol. The predicted molar refractivity (Wildman–Crippen MR) is 129 cm³/mol. The van der Waals surface area contributed by atoms with Gasteiger partial charge in [0.1, 0.15) is 18.2 Å². The third kappa shape index (κ3) is 4.55. The lowest BCUT2D eigenvalue weighted by Crippen LogP contribution is -2.44. The van der Waals surface area contributed by atoms with Gasteiger partial charge in [-0.1, -0.05) is 23.5 Å². The molecule has 0 saturated heterocycles. The van der Waals surface area contributed by atoms with Crippen LogP contribution in [-0.2, 0) is 4.79 Å². The number of amides is 1. The number of para-hydroxylation sites is 2. The summed E-state index contributed by atoms with van der Waals surface area (Å²) in [7, 11) is 0. The Morgan fingerprint density at radius 3 is 2.79 bits per heavy atom. The van der Waals surface area contributed by atoms with Gasteiger partial charge in [-0.15, -0.1) is 0 Å². The number of rotatable bonds is 6. The van der Waals surface area contributed by atoms with E-state index in [1.165, 1.54) is 28.5 Å². The van der Waals surface area contributed by atoms with Crippen LogP contribution in [0.1, 0.15) is 12.5 Å². The van der Waals surface area contributed by atoms with Crippen LogP contribution in [0.25, 0.3) is 10.2 Å². The summed E-state index contributed by atoms with van der Waals surface area (Å²) in [5, 5.41) is 5.91. The summed E-state index contributed by atoms with van der Waals surface area (Å²) in [6, 6.07) is 18.8. The van der Waals surface area contributed by atoms with Crippen molar-refractivity contribution in [2.24, 2.45) is 5.10 Å². The maximum atomic E-state index is 13.7. The minimum absolute atomic E-state index is 0.0322. The lowest BCUT2D eigenvalue weighted by atomic mass is 10.2. The van der Waals surface area contributed by atoms with Crippen molar-refractivity contribution in [3.05, 3.63) is 78.1 Å². The molecule has 7 nitrogen and oxygen atoms in total. The number of aromatic nitrogens is 1. The van der Waals surface area contributed by atoms with Crippen molar-refractivity contribution in [2.75, 3.05) is 18.2 Å². The van der Waals surface area contributed by atoms with Crippen LogP contribution in [0, 0.1) is 5.82 Å². The number of hydrogen-bond donors (Lipinski definition) is 0. The quantitative estimate of drug-likeness (QED) is 0.287. The van der Waals surface area contributed by atoms with E-state index in [2.05, 4.69) is 10.1 Å². The zero-order chi connectivity index (χ0) is 23.5. The molecule has 34 heavy (non-hydrogen) atoms. The zero-order valence-electron chi connectivity index (χ0n) is 18.2. The van der Waals surface area contributed by atoms with Crippen LogP contribution >= 0.6 is 11.3 Å². The van der Waals surface area contributed by atoms with Crippen molar-refractivity contribution >= 4 is 38.8 Å². The van der Waals surface area contributed by atoms with Crippen molar-refractivity contribution in [1.82, 2.24) is 4.98 Å². The average Bonchev–Trinajstić information content (AvgIpc) is 3.27. The van der Waals surface area contributed by atoms with E-state index in [0.29, 0.717) is 33.5 Å². The first-order chi connectivity index (χ1) is 16.6. The van der Waals surface area contributed by atoms with Gasteiger partial charge in [-0.3, -0.25) is 4.79 Å². The molecule has 0 fully saturated rings. The topological polar surface area (TPSA) is 73.2 Å². The highest BCUT2D eigenvalue weighted by atomic mass is 32.1. The van der Waals surface area contributed by atoms with Gasteiger partial charge in [0.15, 0.2) is 11.5 Å². The Balaban J connectivity index is 1.46. The smallest absolute Gasteiger partial charge is 0.294 e. The van der Waals surface area contributed by atoms with Crippen LogP contribution in [0.3, 0.4) is 0 Å². The van der Waals surface area contributed by atoms with Gasteiger partial charge in [0, 0.05) is 0 Å². The average molecular weight is 478 g/mol. The fourth-order valence-electron chi connectivity index (χ4n) is 3.40. The van der Waals surface area contributed by atoms with E-state index in [-0.39, 0.29) is 12.4 Å². The molecule has 1 amide bonds. The minimum atomic E-state index is -0.920. The van der Waals surface area contributed by atoms with Gasteiger partial charge < -0.3 is 14.2 Å². The monoisotopic (exact) mass is 477 g/mol. The zero-order valence-corrected chi connectivity index (χ0v) is 19.0. The molecule has 0 saturated carbocycles.